The predicted molar refractivity (Wildman–Crippen MR) is 89.8 cm³/mol. The summed E-state index contributed by atoms with van der Waals surface area (Å²) in [5, 5.41) is 5.70. The summed E-state index contributed by atoms with van der Waals surface area (Å²) in [5.41, 5.74) is 8.80. The molecule has 0 bridgehead atoms. The third kappa shape index (κ3) is 2.49. The molecule has 3 rings (SSSR count). The number of rotatable bonds is 2. The lowest BCUT2D eigenvalue weighted by molar-refractivity contribution is 1.59. The topological polar surface area (TPSA) is 38.0 Å². The lowest BCUT2D eigenvalue weighted by Crippen LogP contribution is -2.19. The average Bonchev–Trinajstić information content (AvgIpc) is 2.47. The number of anilines is 1. The molecule has 0 radical (unpaired) electrons. The fourth-order valence-electron chi connectivity index (χ4n) is 2.33. The summed E-state index contributed by atoms with van der Waals surface area (Å²) >= 11 is 4.98. The van der Waals surface area contributed by atoms with Crippen LogP contribution in [-0.4, -0.2) is 5.11 Å². The largest absolute Gasteiger partial charge is 0.376 e. The van der Waals surface area contributed by atoms with Gasteiger partial charge in [-0.2, -0.15) is 0 Å². The van der Waals surface area contributed by atoms with Crippen LogP contribution in [0.4, 0.5) is 5.69 Å². The Labute approximate surface area is 123 Å². The first-order valence-corrected chi connectivity index (χ1v) is 6.79. The van der Waals surface area contributed by atoms with Gasteiger partial charge < -0.3 is 11.1 Å². The van der Waals surface area contributed by atoms with Crippen LogP contribution in [0.2, 0.25) is 0 Å². The molecular formula is C17H14N2S. The molecule has 0 unspecified atom stereocenters. The smallest absolute Gasteiger partial charge is 0.168 e. The van der Waals surface area contributed by atoms with Gasteiger partial charge in [-0.15, -0.1) is 0 Å². The van der Waals surface area contributed by atoms with Crippen LogP contribution < -0.4 is 11.1 Å². The number of hydrogen-bond acceptors (Lipinski definition) is 1. The number of hydrogen-bond donors (Lipinski definition) is 2. The molecule has 0 spiro atoms. The van der Waals surface area contributed by atoms with Gasteiger partial charge in [-0.3, -0.25) is 0 Å². The molecule has 0 amide bonds. The van der Waals surface area contributed by atoms with Gasteiger partial charge in [0.15, 0.2) is 5.11 Å². The van der Waals surface area contributed by atoms with Crippen molar-refractivity contribution in [3.05, 3.63) is 66.7 Å². The third-order valence-corrected chi connectivity index (χ3v) is 3.33. The fourth-order valence-corrected chi connectivity index (χ4v) is 2.44. The van der Waals surface area contributed by atoms with E-state index in [9.17, 15) is 0 Å². The Bertz CT molecular complexity index is 766. The minimum atomic E-state index is 0.275. The molecular weight excluding hydrogens is 264 g/mol. The van der Waals surface area contributed by atoms with Crippen LogP contribution in [0.25, 0.3) is 21.9 Å². The Hall–Kier alpha value is -2.39. The maximum absolute atomic E-state index is 5.64. The maximum atomic E-state index is 5.64. The summed E-state index contributed by atoms with van der Waals surface area (Å²) < 4.78 is 0. The van der Waals surface area contributed by atoms with Crippen LogP contribution in [0, 0.1) is 0 Å². The van der Waals surface area contributed by atoms with Gasteiger partial charge in [-0.05, 0) is 40.7 Å². The van der Waals surface area contributed by atoms with Gasteiger partial charge in [0.05, 0.1) is 0 Å². The van der Waals surface area contributed by atoms with Crippen LogP contribution >= 0.6 is 12.2 Å². The molecule has 0 heterocycles. The molecule has 0 aliphatic heterocycles. The Balaban J connectivity index is 2.24. The molecule has 0 saturated carbocycles. The first-order valence-electron chi connectivity index (χ1n) is 6.39. The molecule has 3 heteroatoms. The third-order valence-electron chi connectivity index (χ3n) is 3.23. The molecule has 3 aromatic carbocycles. The van der Waals surface area contributed by atoms with Gasteiger partial charge in [0.2, 0.25) is 0 Å². The van der Waals surface area contributed by atoms with Crippen molar-refractivity contribution in [3.8, 4) is 11.1 Å². The van der Waals surface area contributed by atoms with Gasteiger partial charge in [0.1, 0.15) is 0 Å². The number of nitrogens with one attached hydrogen (secondary N) is 1. The summed E-state index contributed by atoms with van der Waals surface area (Å²) in [4.78, 5) is 0. The van der Waals surface area contributed by atoms with Crippen molar-refractivity contribution in [3.63, 3.8) is 0 Å². The Morgan fingerprint density at radius 2 is 1.45 bits per heavy atom. The van der Waals surface area contributed by atoms with E-state index in [0.29, 0.717) is 0 Å². The van der Waals surface area contributed by atoms with Crippen LogP contribution in [0.1, 0.15) is 0 Å². The summed E-state index contributed by atoms with van der Waals surface area (Å²) in [7, 11) is 0. The lowest BCUT2D eigenvalue weighted by atomic mass is 9.99. The Morgan fingerprint density at radius 3 is 2.10 bits per heavy atom. The van der Waals surface area contributed by atoms with E-state index in [2.05, 4.69) is 41.7 Å². The standard InChI is InChI=1S/C17H14N2S/c18-17(20)19-16-11-14-9-5-4-8-13(14)10-15(16)12-6-2-1-3-7-12/h1-11H,(H3,18,19,20). The predicted octanol–water partition coefficient (Wildman–Crippen LogP) is 4.16. The van der Waals surface area contributed by atoms with E-state index in [1.54, 1.807) is 0 Å². The van der Waals surface area contributed by atoms with E-state index in [4.69, 9.17) is 18.0 Å². The number of thiocarbonyl (C=S) groups is 1. The molecule has 3 aromatic rings. The Kier molecular flexibility index (Phi) is 3.35. The molecule has 0 saturated heterocycles. The van der Waals surface area contributed by atoms with E-state index in [-0.39, 0.29) is 5.11 Å². The van der Waals surface area contributed by atoms with Gasteiger partial charge in [-0.1, -0.05) is 54.6 Å². The fraction of sp³-hybridized carbons (Fsp3) is 0. The van der Waals surface area contributed by atoms with Crippen molar-refractivity contribution in [2.24, 2.45) is 5.73 Å². The van der Waals surface area contributed by atoms with Crippen LogP contribution in [0.5, 0.6) is 0 Å². The normalized spacial score (nSPS) is 10.4. The van der Waals surface area contributed by atoms with E-state index in [0.717, 1.165) is 22.2 Å². The number of nitrogens with two attached hydrogens (primary N) is 1. The highest BCUT2D eigenvalue weighted by atomic mass is 32.1. The average molecular weight is 278 g/mol. The van der Waals surface area contributed by atoms with Crippen LogP contribution in [0.3, 0.4) is 0 Å². The Morgan fingerprint density at radius 1 is 0.850 bits per heavy atom. The quantitative estimate of drug-likeness (QED) is 0.691. The van der Waals surface area contributed by atoms with Gasteiger partial charge >= 0.3 is 0 Å². The second-order valence-corrected chi connectivity index (χ2v) is 5.04. The molecule has 98 valence electrons. The molecule has 0 aromatic heterocycles. The van der Waals surface area contributed by atoms with Crippen molar-refractivity contribution in [1.29, 1.82) is 0 Å². The monoisotopic (exact) mass is 278 g/mol. The molecule has 0 fully saturated rings. The summed E-state index contributed by atoms with van der Waals surface area (Å²) in [6, 6.07) is 22.7. The van der Waals surface area contributed by atoms with Gasteiger partial charge in [0.25, 0.3) is 0 Å². The minimum Gasteiger partial charge on any atom is -0.376 e. The zero-order chi connectivity index (χ0) is 13.9. The minimum absolute atomic E-state index is 0.275. The number of fused-ring (bicyclic) bond motifs is 1. The maximum Gasteiger partial charge on any atom is 0.168 e. The van der Waals surface area contributed by atoms with Crippen LogP contribution in [-0.2, 0) is 0 Å². The first kappa shape index (κ1) is 12.6. The van der Waals surface area contributed by atoms with Crippen molar-refractivity contribution >= 4 is 33.8 Å². The molecule has 20 heavy (non-hydrogen) atoms. The van der Waals surface area contributed by atoms with E-state index in [1.807, 2.05) is 30.3 Å². The highest BCUT2D eigenvalue weighted by molar-refractivity contribution is 7.80. The summed E-state index contributed by atoms with van der Waals surface area (Å²) in [5.74, 6) is 0. The van der Waals surface area contributed by atoms with E-state index in [1.165, 1.54) is 5.39 Å². The van der Waals surface area contributed by atoms with Crippen molar-refractivity contribution < 1.29 is 0 Å². The first-order chi connectivity index (χ1) is 9.74. The van der Waals surface area contributed by atoms with Crippen molar-refractivity contribution in [2.45, 2.75) is 0 Å². The lowest BCUT2D eigenvalue weighted by Gasteiger charge is -2.13. The highest BCUT2D eigenvalue weighted by Gasteiger charge is 2.07. The summed E-state index contributed by atoms with van der Waals surface area (Å²) in [6.07, 6.45) is 0. The SMILES string of the molecule is NC(=S)Nc1cc2ccccc2cc1-c1ccccc1. The molecule has 3 N–H and O–H groups in total. The highest BCUT2D eigenvalue weighted by Crippen LogP contribution is 2.32. The second kappa shape index (κ2) is 5.31. The number of benzene rings is 3. The van der Waals surface area contributed by atoms with Gasteiger partial charge in [0, 0.05) is 11.3 Å². The van der Waals surface area contributed by atoms with Gasteiger partial charge in [-0.25, -0.2) is 0 Å². The molecule has 0 aliphatic rings. The molecule has 2 nitrogen and oxygen atoms in total. The van der Waals surface area contributed by atoms with Crippen molar-refractivity contribution in [2.75, 3.05) is 5.32 Å². The van der Waals surface area contributed by atoms with E-state index < -0.39 is 0 Å². The summed E-state index contributed by atoms with van der Waals surface area (Å²) in [6.45, 7) is 0. The molecule has 0 atom stereocenters. The van der Waals surface area contributed by atoms with Crippen LogP contribution in [0.15, 0.2) is 66.7 Å². The zero-order valence-corrected chi connectivity index (χ0v) is 11.7. The van der Waals surface area contributed by atoms with E-state index >= 15 is 0 Å². The zero-order valence-electron chi connectivity index (χ0n) is 10.8. The van der Waals surface area contributed by atoms with Crippen molar-refractivity contribution in [1.82, 2.24) is 0 Å². The molecule has 0 aliphatic carbocycles. The second-order valence-electron chi connectivity index (χ2n) is 4.60.